The van der Waals surface area contributed by atoms with E-state index in [1.54, 1.807) is 12.1 Å². The van der Waals surface area contributed by atoms with Gasteiger partial charge in [-0.25, -0.2) is 9.18 Å². The smallest absolute Gasteiger partial charge is 0.338 e. The third kappa shape index (κ3) is 2.31. The highest BCUT2D eigenvalue weighted by Gasteiger charge is 2.17. The Labute approximate surface area is 114 Å². The summed E-state index contributed by atoms with van der Waals surface area (Å²) in [5.74, 6) is -1.83. The molecule has 2 aromatic rings. The van der Waals surface area contributed by atoms with Gasteiger partial charge in [-0.15, -0.1) is 0 Å². The molecule has 0 aliphatic carbocycles. The van der Waals surface area contributed by atoms with E-state index in [9.17, 15) is 9.18 Å². The standard InChI is InChI=1S/C15H10FNO3/c1-20-13-6-5-9(8-17)7-12(13)10-3-2-4-11(14(10)16)15(18)19/h2-7H,1H3,(H,18,19). The van der Waals surface area contributed by atoms with E-state index < -0.39 is 17.3 Å². The summed E-state index contributed by atoms with van der Waals surface area (Å²) in [7, 11) is 1.42. The third-order valence-electron chi connectivity index (χ3n) is 2.85. The van der Waals surface area contributed by atoms with Crippen LogP contribution in [-0.2, 0) is 0 Å². The maximum absolute atomic E-state index is 14.2. The summed E-state index contributed by atoms with van der Waals surface area (Å²) < 4.78 is 19.4. The van der Waals surface area contributed by atoms with Gasteiger partial charge in [0, 0.05) is 11.1 Å². The van der Waals surface area contributed by atoms with E-state index >= 15 is 0 Å². The average molecular weight is 271 g/mol. The topological polar surface area (TPSA) is 70.3 Å². The molecule has 0 heterocycles. The molecule has 1 N–H and O–H groups in total. The van der Waals surface area contributed by atoms with Gasteiger partial charge in [-0.2, -0.15) is 5.26 Å². The van der Waals surface area contributed by atoms with E-state index in [1.807, 2.05) is 6.07 Å². The number of benzene rings is 2. The average Bonchev–Trinajstić information content (AvgIpc) is 2.46. The lowest BCUT2D eigenvalue weighted by atomic mass is 9.99. The molecule has 2 aromatic carbocycles. The first-order valence-corrected chi connectivity index (χ1v) is 5.68. The molecule has 0 bridgehead atoms. The van der Waals surface area contributed by atoms with Gasteiger partial charge < -0.3 is 9.84 Å². The summed E-state index contributed by atoms with van der Waals surface area (Å²) >= 11 is 0. The van der Waals surface area contributed by atoms with Crippen LogP contribution in [0.1, 0.15) is 15.9 Å². The van der Waals surface area contributed by atoms with Crippen molar-refractivity contribution < 1.29 is 19.0 Å². The van der Waals surface area contributed by atoms with E-state index in [-0.39, 0.29) is 5.56 Å². The Balaban J connectivity index is 2.71. The third-order valence-corrected chi connectivity index (χ3v) is 2.85. The fourth-order valence-electron chi connectivity index (χ4n) is 1.89. The summed E-state index contributed by atoms with van der Waals surface area (Å²) in [4.78, 5) is 11.0. The van der Waals surface area contributed by atoms with Crippen LogP contribution in [0.15, 0.2) is 36.4 Å². The van der Waals surface area contributed by atoms with E-state index in [1.165, 1.54) is 31.4 Å². The molecule has 0 spiro atoms. The molecule has 0 saturated carbocycles. The molecule has 0 aliphatic rings. The predicted molar refractivity (Wildman–Crippen MR) is 70.1 cm³/mol. The first-order valence-electron chi connectivity index (χ1n) is 5.68. The number of carboxylic acids is 1. The minimum atomic E-state index is -1.35. The van der Waals surface area contributed by atoms with Crippen LogP contribution in [0.2, 0.25) is 0 Å². The number of carbonyl (C=O) groups is 1. The first-order chi connectivity index (χ1) is 9.58. The minimum Gasteiger partial charge on any atom is -0.496 e. The molecule has 0 aromatic heterocycles. The molecule has 0 unspecified atom stereocenters. The molecule has 0 radical (unpaired) electrons. The summed E-state index contributed by atoms with van der Waals surface area (Å²) in [6, 6.07) is 10.6. The second kappa shape index (κ2) is 5.41. The molecule has 4 nitrogen and oxygen atoms in total. The van der Waals surface area contributed by atoms with E-state index in [2.05, 4.69) is 0 Å². The van der Waals surface area contributed by atoms with Crippen molar-refractivity contribution in [2.45, 2.75) is 0 Å². The zero-order valence-corrected chi connectivity index (χ0v) is 10.6. The maximum Gasteiger partial charge on any atom is 0.338 e. The van der Waals surface area contributed by atoms with Gasteiger partial charge in [0.25, 0.3) is 0 Å². The second-order valence-electron chi connectivity index (χ2n) is 4.00. The van der Waals surface area contributed by atoms with Gasteiger partial charge in [-0.3, -0.25) is 0 Å². The van der Waals surface area contributed by atoms with Crippen molar-refractivity contribution in [2.75, 3.05) is 7.11 Å². The maximum atomic E-state index is 14.2. The van der Waals surface area contributed by atoms with Crippen LogP contribution >= 0.6 is 0 Å². The zero-order valence-electron chi connectivity index (χ0n) is 10.6. The lowest BCUT2D eigenvalue weighted by Crippen LogP contribution is -2.02. The van der Waals surface area contributed by atoms with Gasteiger partial charge in [0.1, 0.15) is 11.6 Å². The minimum absolute atomic E-state index is 0.0823. The molecular weight excluding hydrogens is 261 g/mol. The zero-order chi connectivity index (χ0) is 14.7. The monoisotopic (exact) mass is 271 g/mol. The highest BCUT2D eigenvalue weighted by Crippen LogP contribution is 2.33. The Morgan fingerprint density at radius 3 is 2.65 bits per heavy atom. The molecule has 100 valence electrons. The van der Waals surface area contributed by atoms with Crippen LogP contribution in [0.5, 0.6) is 5.75 Å². The number of rotatable bonds is 3. The molecular formula is C15H10FNO3. The van der Waals surface area contributed by atoms with Crippen LogP contribution in [0.25, 0.3) is 11.1 Å². The van der Waals surface area contributed by atoms with Gasteiger partial charge >= 0.3 is 5.97 Å². The van der Waals surface area contributed by atoms with Crippen LogP contribution < -0.4 is 4.74 Å². The number of nitriles is 1. The van der Waals surface area contributed by atoms with Crippen LogP contribution in [0.4, 0.5) is 4.39 Å². The highest BCUT2D eigenvalue weighted by molar-refractivity contribution is 5.90. The fraction of sp³-hybridized carbons (Fsp3) is 0.0667. The summed E-state index contributed by atoms with van der Waals surface area (Å²) in [5, 5.41) is 17.8. The molecule has 0 fully saturated rings. The van der Waals surface area contributed by atoms with Crippen LogP contribution in [0.3, 0.4) is 0 Å². The Morgan fingerprint density at radius 2 is 2.05 bits per heavy atom. The SMILES string of the molecule is COc1ccc(C#N)cc1-c1cccc(C(=O)O)c1F. The molecule has 5 heteroatoms. The van der Waals surface area contributed by atoms with Gasteiger partial charge in [-0.1, -0.05) is 12.1 Å². The van der Waals surface area contributed by atoms with Crippen molar-refractivity contribution in [3.8, 4) is 22.9 Å². The molecule has 0 saturated heterocycles. The van der Waals surface area contributed by atoms with Crippen molar-refractivity contribution >= 4 is 5.97 Å². The molecule has 20 heavy (non-hydrogen) atoms. The number of hydrogen-bond acceptors (Lipinski definition) is 3. The van der Waals surface area contributed by atoms with Crippen molar-refractivity contribution in [1.82, 2.24) is 0 Å². The largest absolute Gasteiger partial charge is 0.496 e. The Hall–Kier alpha value is -2.87. The molecule has 2 rings (SSSR count). The first kappa shape index (κ1) is 13.6. The number of ether oxygens (including phenoxy) is 1. The number of nitrogens with zero attached hydrogens (tertiary/aromatic N) is 1. The normalized spacial score (nSPS) is 9.85. The van der Waals surface area contributed by atoms with Crippen molar-refractivity contribution in [1.29, 1.82) is 5.26 Å². The highest BCUT2D eigenvalue weighted by atomic mass is 19.1. The van der Waals surface area contributed by atoms with Crippen LogP contribution in [0, 0.1) is 17.1 Å². The second-order valence-corrected chi connectivity index (χ2v) is 4.00. The number of aromatic carboxylic acids is 1. The Bertz CT molecular complexity index is 720. The summed E-state index contributed by atoms with van der Waals surface area (Å²) in [6.07, 6.45) is 0. The van der Waals surface area contributed by atoms with E-state index in [4.69, 9.17) is 15.1 Å². The van der Waals surface area contributed by atoms with Crippen LogP contribution in [-0.4, -0.2) is 18.2 Å². The van der Waals surface area contributed by atoms with Crippen molar-refractivity contribution in [2.24, 2.45) is 0 Å². The summed E-state index contributed by atoms with van der Waals surface area (Å²) in [6.45, 7) is 0. The van der Waals surface area contributed by atoms with Gasteiger partial charge in [0.2, 0.25) is 0 Å². The Morgan fingerprint density at radius 1 is 1.30 bits per heavy atom. The molecule has 0 atom stereocenters. The molecule has 0 amide bonds. The van der Waals surface area contributed by atoms with E-state index in [0.717, 1.165) is 0 Å². The van der Waals surface area contributed by atoms with Gasteiger partial charge in [0.15, 0.2) is 0 Å². The number of carboxylic acid groups (broad SMARTS) is 1. The fourth-order valence-corrected chi connectivity index (χ4v) is 1.89. The molecule has 0 aliphatic heterocycles. The predicted octanol–water partition coefficient (Wildman–Crippen LogP) is 3.07. The number of hydrogen-bond donors (Lipinski definition) is 1. The lowest BCUT2D eigenvalue weighted by molar-refractivity contribution is 0.0692. The summed E-state index contributed by atoms with van der Waals surface area (Å²) in [5.41, 5.74) is 0.332. The van der Waals surface area contributed by atoms with Gasteiger partial charge in [0.05, 0.1) is 24.3 Å². The lowest BCUT2D eigenvalue weighted by Gasteiger charge is -2.11. The van der Waals surface area contributed by atoms with E-state index in [0.29, 0.717) is 16.9 Å². The van der Waals surface area contributed by atoms with Crippen molar-refractivity contribution in [3.05, 3.63) is 53.3 Å². The van der Waals surface area contributed by atoms with Crippen molar-refractivity contribution in [3.63, 3.8) is 0 Å². The quantitative estimate of drug-likeness (QED) is 0.931. The Kier molecular flexibility index (Phi) is 3.67. The van der Waals surface area contributed by atoms with Gasteiger partial charge in [-0.05, 0) is 24.3 Å². The number of methoxy groups -OCH3 is 1. The number of halogens is 1.